The molecule has 8 heteroatoms. The standard InChI is InChI=1S/C25H29ClFN3O3/c26-21-16-28-30(18-21)14-15-32-22-8-6-20(7-9-22)17-29-12-3-10-25(31,11-13-29)19-33-24-5-2-1-4-23(24)27/h1-2,4-9,16,18,31H,3,10-15,17,19H2/t25-/m1/s1. The first-order valence-corrected chi connectivity index (χ1v) is 11.6. The first-order chi connectivity index (χ1) is 16.0. The molecule has 0 bridgehead atoms. The number of nitrogens with zero attached hydrogens (tertiary/aromatic N) is 3. The van der Waals surface area contributed by atoms with Gasteiger partial charge in [0.15, 0.2) is 11.6 Å². The highest BCUT2D eigenvalue weighted by Gasteiger charge is 2.31. The predicted molar refractivity (Wildman–Crippen MR) is 125 cm³/mol. The Morgan fingerprint density at radius 2 is 1.88 bits per heavy atom. The van der Waals surface area contributed by atoms with Crippen LogP contribution in [-0.2, 0) is 13.1 Å². The van der Waals surface area contributed by atoms with Gasteiger partial charge in [0.2, 0.25) is 0 Å². The lowest BCUT2D eigenvalue weighted by Crippen LogP contribution is -2.37. The number of ether oxygens (including phenoxy) is 2. The molecule has 1 fully saturated rings. The average Bonchev–Trinajstić information content (AvgIpc) is 3.13. The molecule has 1 saturated heterocycles. The summed E-state index contributed by atoms with van der Waals surface area (Å²) in [6, 6.07) is 14.4. The van der Waals surface area contributed by atoms with Crippen molar-refractivity contribution in [2.45, 2.75) is 38.0 Å². The van der Waals surface area contributed by atoms with Crippen LogP contribution >= 0.6 is 11.6 Å². The number of aliphatic hydroxyl groups is 1. The van der Waals surface area contributed by atoms with Gasteiger partial charge in [-0.25, -0.2) is 4.39 Å². The van der Waals surface area contributed by atoms with Crippen LogP contribution < -0.4 is 9.47 Å². The molecule has 33 heavy (non-hydrogen) atoms. The first-order valence-electron chi connectivity index (χ1n) is 11.2. The molecule has 1 atom stereocenters. The van der Waals surface area contributed by atoms with E-state index >= 15 is 0 Å². The third kappa shape index (κ3) is 6.93. The molecule has 176 valence electrons. The van der Waals surface area contributed by atoms with Crippen LogP contribution in [0.15, 0.2) is 60.9 Å². The third-order valence-electron chi connectivity index (χ3n) is 5.86. The summed E-state index contributed by atoms with van der Waals surface area (Å²) >= 11 is 5.86. The van der Waals surface area contributed by atoms with Gasteiger partial charge < -0.3 is 14.6 Å². The molecule has 0 amide bonds. The second-order valence-electron chi connectivity index (χ2n) is 8.49. The molecule has 0 aliphatic carbocycles. The quantitative estimate of drug-likeness (QED) is 0.494. The summed E-state index contributed by atoms with van der Waals surface area (Å²) in [6.45, 7) is 3.69. The van der Waals surface area contributed by atoms with Crippen LogP contribution in [0.25, 0.3) is 0 Å². The number of hydrogen-bond acceptors (Lipinski definition) is 5. The molecule has 0 radical (unpaired) electrons. The molecule has 3 aromatic rings. The van der Waals surface area contributed by atoms with Crippen molar-refractivity contribution in [2.24, 2.45) is 0 Å². The number of rotatable bonds is 9. The molecule has 2 heterocycles. The van der Waals surface area contributed by atoms with Crippen LogP contribution in [0.5, 0.6) is 11.5 Å². The third-order valence-corrected chi connectivity index (χ3v) is 6.06. The molecule has 1 N–H and O–H groups in total. The van der Waals surface area contributed by atoms with Crippen LogP contribution in [0, 0.1) is 5.82 Å². The topological polar surface area (TPSA) is 59.8 Å². The molecular formula is C25H29ClFN3O3. The van der Waals surface area contributed by atoms with Crippen LogP contribution in [0.1, 0.15) is 24.8 Å². The average molecular weight is 474 g/mol. The van der Waals surface area contributed by atoms with E-state index in [-0.39, 0.29) is 12.4 Å². The summed E-state index contributed by atoms with van der Waals surface area (Å²) in [6.07, 6.45) is 5.44. The van der Waals surface area contributed by atoms with E-state index in [4.69, 9.17) is 21.1 Å². The van der Waals surface area contributed by atoms with Crippen molar-refractivity contribution in [3.63, 3.8) is 0 Å². The second-order valence-corrected chi connectivity index (χ2v) is 8.92. The molecule has 6 nitrogen and oxygen atoms in total. The Kier molecular flexibility index (Phi) is 7.85. The lowest BCUT2D eigenvalue weighted by atomic mass is 9.96. The Balaban J connectivity index is 1.22. The maximum Gasteiger partial charge on any atom is 0.165 e. The largest absolute Gasteiger partial charge is 0.492 e. The summed E-state index contributed by atoms with van der Waals surface area (Å²) in [5, 5.41) is 15.7. The van der Waals surface area contributed by atoms with Gasteiger partial charge in [0, 0.05) is 19.3 Å². The van der Waals surface area contributed by atoms with Crippen molar-refractivity contribution in [1.29, 1.82) is 0 Å². The van der Waals surface area contributed by atoms with Gasteiger partial charge in [-0.05, 0) is 55.6 Å². The maximum absolute atomic E-state index is 13.8. The molecule has 0 saturated carbocycles. The van der Waals surface area contributed by atoms with E-state index in [1.54, 1.807) is 35.3 Å². The molecule has 0 unspecified atom stereocenters. The van der Waals surface area contributed by atoms with E-state index in [1.165, 1.54) is 11.6 Å². The molecule has 1 aliphatic rings. The molecule has 1 aromatic heterocycles. The van der Waals surface area contributed by atoms with Gasteiger partial charge in [0.25, 0.3) is 0 Å². The minimum absolute atomic E-state index is 0.0958. The van der Waals surface area contributed by atoms with Crippen LogP contribution in [0.4, 0.5) is 4.39 Å². The van der Waals surface area contributed by atoms with Gasteiger partial charge in [0.05, 0.1) is 23.4 Å². The van der Waals surface area contributed by atoms with E-state index in [0.717, 1.165) is 31.8 Å². The van der Waals surface area contributed by atoms with Gasteiger partial charge in [-0.15, -0.1) is 0 Å². The zero-order chi connectivity index (χ0) is 23.1. The van der Waals surface area contributed by atoms with Gasteiger partial charge in [-0.3, -0.25) is 9.58 Å². The SMILES string of the molecule is O[C@]1(COc2ccccc2F)CCCN(Cc2ccc(OCCn3cc(Cl)cn3)cc2)CC1. The molecule has 4 rings (SSSR count). The van der Waals surface area contributed by atoms with E-state index in [9.17, 15) is 9.50 Å². The molecule has 2 aromatic carbocycles. The van der Waals surface area contributed by atoms with Crippen molar-refractivity contribution in [2.75, 3.05) is 26.3 Å². The fraction of sp³-hybridized carbons (Fsp3) is 0.400. The minimum atomic E-state index is -0.951. The summed E-state index contributed by atoms with van der Waals surface area (Å²) in [5.41, 5.74) is 0.238. The van der Waals surface area contributed by atoms with Crippen molar-refractivity contribution in [1.82, 2.24) is 14.7 Å². The van der Waals surface area contributed by atoms with E-state index in [1.807, 2.05) is 12.1 Å². The van der Waals surface area contributed by atoms with Crippen molar-refractivity contribution in [3.8, 4) is 11.5 Å². The highest BCUT2D eigenvalue weighted by molar-refractivity contribution is 6.30. The van der Waals surface area contributed by atoms with Crippen LogP contribution in [0.2, 0.25) is 5.02 Å². The van der Waals surface area contributed by atoms with Crippen LogP contribution in [-0.4, -0.2) is 51.7 Å². The van der Waals surface area contributed by atoms with Crippen LogP contribution in [0.3, 0.4) is 0 Å². The first kappa shape index (κ1) is 23.5. The van der Waals surface area contributed by atoms with E-state index in [0.29, 0.717) is 31.0 Å². The zero-order valence-corrected chi connectivity index (χ0v) is 19.3. The second kappa shape index (κ2) is 11.0. The number of para-hydroxylation sites is 1. The maximum atomic E-state index is 13.8. The predicted octanol–water partition coefficient (Wildman–Crippen LogP) is 4.55. The van der Waals surface area contributed by atoms with Gasteiger partial charge in [0.1, 0.15) is 19.0 Å². The zero-order valence-electron chi connectivity index (χ0n) is 18.5. The Bertz CT molecular complexity index is 1030. The summed E-state index contributed by atoms with van der Waals surface area (Å²) in [4.78, 5) is 2.33. The number of hydrogen-bond donors (Lipinski definition) is 1. The normalized spacial score (nSPS) is 19.2. The number of aromatic nitrogens is 2. The summed E-state index contributed by atoms with van der Waals surface area (Å²) in [7, 11) is 0. The highest BCUT2D eigenvalue weighted by atomic mass is 35.5. The fourth-order valence-corrected chi connectivity index (χ4v) is 4.13. The minimum Gasteiger partial charge on any atom is -0.492 e. The summed E-state index contributed by atoms with van der Waals surface area (Å²) < 4.78 is 26.9. The lowest BCUT2D eigenvalue weighted by Gasteiger charge is -2.27. The molecule has 1 aliphatic heterocycles. The van der Waals surface area contributed by atoms with Gasteiger partial charge >= 0.3 is 0 Å². The number of likely N-dealkylation sites (tertiary alicyclic amines) is 1. The molecule has 0 spiro atoms. The smallest absolute Gasteiger partial charge is 0.165 e. The monoisotopic (exact) mass is 473 g/mol. The Morgan fingerprint density at radius 3 is 2.64 bits per heavy atom. The Morgan fingerprint density at radius 1 is 1.06 bits per heavy atom. The van der Waals surface area contributed by atoms with Crippen molar-refractivity contribution in [3.05, 3.63) is 77.3 Å². The highest BCUT2D eigenvalue weighted by Crippen LogP contribution is 2.26. The van der Waals surface area contributed by atoms with Gasteiger partial charge in [-0.2, -0.15) is 5.10 Å². The van der Waals surface area contributed by atoms with Crippen molar-refractivity contribution < 1.29 is 19.0 Å². The van der Waals surface area contributed by atoms with Crippen molar-refractivity contribution >= 4 is 11.6 Å². The Labute approximate surface area is 198 Å². The fourth-order valence-electron chi connectivity index (χ4n) is 3.98. The number of halogens is 2. The van der Waals surface area contributed by atoms with E-state index < -0.39 is 11.4 Å². The summed E-state index contributed by atoms with van der Waals surface area (Å²) in [5.74, 6) is 0.588. The number of benzene rings is 2. The lowest BCUT2D eigenvalue weighted by molar-refractivity contribution is -0.0177. The van der Waals surface area contributed by atoms with E-state index in [2.05, 4.69) is 22.1 Å². The van der Waals surface area contributed by atoms with Gasteiger partial charge in [-0.1, -0.05) is 35.9 Å². The molecular weight excluding hydrogens is 445 g/mol. The Hall–Kier alpha value is -2.61.